The van der Waals surface area contributed by atoms with E-state index in [4.69, 9.17) is 23.7 Å². The van der Waals surface area contributed by atoms with E-state index in [1.165, 1.54) is 0 Å². The van der Waals surface area contributed by atoms with Gasteiger partial charge in [0, 0.05) is 24.0 Å². The van der Waals surface area contributed by atoms with Crippen LogP contribution in [0.1, 0.15) is 12.8 Å². The van der Waals surface area contributed by atoms with Crippen molar-refractivity contribution in [3.63, 3.8) is 0 Å². The Balaban J connectivity index is 3.18. The van der Waals surface area contributed by atoms with Crippen LogP contribution in [0.5, 0.6) is 0 Å². The van der Waals surface area contributed by atoms with Gasteiger partial charge in [-0.3, -0.25) is 9.59 Å². The molecule has 0 bridgehead atoms. The molecule has 30 heavy (non-hydrogen) atoms. The number of hydrogen-bond acceptors (Lipinski definition) is 9. The molecular formula is C19H26O11. The third-order valence-electron chi connectivity index (χ3n) is 4.08. The maximum absolute atomic E-state index is 12.9. The molecule has 0 atom stereocenters. The Morgan fingerprint density at radius 1 is 0.700 bits per heavy atom. The first-order valence-electron chi connectivity index (χ1n) is 9.10. The maximum atomic E-state index is 12.9. The van der Waals surface area contributed by atoms with Crippen molar-refractivity contribution < 1.29 is 53.1 Å². The lowest BCUT2D eigenvalue weighted by atomic mass is 9.76. The van der Waals surface area contributed by atoms with Gasteiger partial charge < -0.3 is 33.9 Å². The molecular weight excluding hydrogens is 404 g/mol. The van der Waals surface area contributed by atoms with Crippen LogP contribution >= 0.6 is 0 Å². The van der Waals surface area contributed by atoms with Crippen LogP contribution in [0.3, 0.4) is 0 Å². The van der Waals surface area contributed by atoms with Gasteiger partial charge in [0.15, 0.2) is 5.41 Å². The Kier molecular flexibility index (Phi) is 10.7. The number of rotatable bonds is 6. The van der Waals surface area contributed by atoms with Crippen LogP contribution in [0.25, 0.3) is 0 Å². The zero-order valence-electron chi connectivity index (χ0n) is 16.6. The second-order valence-electron chi connectivity index (χ2n) is 6.36. The first-order chi connectivity index (χ1) is 14.2. The van der Waals surface area contributed by atoms with Gasteiger partial charge in [0.25, 0.3) is 0 Å². The highest BCUT2D eigenvalue weighted by Gasteiger charge is 2.51. The number of carbonyl (C=O) groups excluding carboxylic acids is 2. The van der Waals surface area contributed by atoms with Gasteiger partial charge in [-0.15, -0.1) is 0 Å². The highest BCUT2D eigenvalue weighted by molar-refractivity contribution is 6.03. The van der Waals surface area contributed by atoms with E-state index in [1.54, 1.807) is 0 Å². The van der Waals surface area contributed by atoms with Gasteiger partial charge in [0.05, 0.1) is 39.6 Å². The first-order valence-corrected chi connectivity index (χ1v) is 9.10. The monoisotopic (exact) mass is 430 g/mol. The molecule has 1 aliphatic heterocycles. The summed E-state index contributed by atoms with van der Waals surface area (Å²) in [6.45, 7) is 7.20. The van der Waals surface area contributed by atoms with Crippen LogP contribution in [-0.2, 0) is 42.9 Å². The molecule has 0 aliphatic carbocycles. The van der Waals surface area contributed by atoms with Crippen LogP contribution in [0.4, 0.5) is 0 Å². The van der Waals surface area contributed by atoms with E-state index in [9.17, 15) is 29.4 Å². The summed E-state index contributed by atoms with van der Waals surface area (Å²) >= 11 is 0. The zero-order chi connectivity index (χ0) is 22.6. The molecule has 168 valence electrons. The number of cyclic esters (lactones) is 2. The van der Waals surface area contributed by atoms with Crippen molar-refractivity contribution >= 4 is 23.9 Å². The van der Waals surface area contributed by atoms with E-state index in [-0.39, 0.29) is 39.6 Å². The predicted molar refractivity (Wildman–Crippen MR) is 99.6 cm³/mol. The SMILES string of the molecule is C=C(CC1(CC(=C)C(=O)O)C(=O)OCCOCCOCCOCCOC1=O)C(=O)O. The minimum Gasteiger partial charge on any atom is -0.478 e. The summed E-state index contributed by atoms with van der Waals surface area (Å²) in [6.07, 6.45) is -1.44. The smallest absolute Gasteiger partial charge is 0.331 e. The number of ether oxygens (including phenoxy) is 5. The van der Waals surface area contributed by atoms with E-state index in [2.05, 4.69) is 13.2 Å². The van der Waals surface area contributed by atoms with Gasteiger partial charge >= 0.3 is 23.9 Å². The van der Waals surface area contributed by atoms with Gasteiger partial charge in [-0.25, -0.2) is 9.59 Å². The van der Waals surface area contributed by atoms with Crippen LogP contribution in [0.15, 0.2) is 24.3 Å². The van der Waals surface area contributed by atoms with Gasteiger partial charge in [0.1, 0.15) is 13.2 Å². The summed E-state index contributed by atoms with van der Waals surface area (Å²) in [6, 6.07) is 0. The molecule has 0 unspecified atom stereocenters. The predicted octanol–water partition coefficient (Wildman–Crippen LogP) is 0.184. The molecule has 0 aromatic heterocycles. The Bertz CT molecular complexity index is 611. The molecule has 0 aromatic carbocycles. The zero-order valence-corrected chi connectivity index (χ0v) is 16.6. The second kappa shape index (κ2) is 12.7. The molecule has 11 nitrogen and oxygen atoms in total. The molecule has 1 rings (SSSR count). The van der Waals surface area contributed by atoms with Gasteiger partial charge in [-0.05, 0) is 0 Å². The van der Waals surface area contributed by atoms with Crippen molar-refractivity contribution in [1.29, 1.82) is 0 Å². The Hall–Kier alpha value is -2.76. The van der Waals surface area contributed by atoms with Crippen molar-refractivity contribution in [2.45, 2.75) is 12.8 Å². The summed E-state index contributed by atoms with van der Waals surface area (Å²) < 4.78 is 25.9. The quantitative estimate of drug-likeness (QED) is 0.337. The largest absolute Gasteiger partial charge is 0.478 e. The third kappa shape index (κ3) is 7.93. The lowest BCUT2D eigenvalue weighted by molar-refractivity contribution is -0.174. The second-order valence-corrected chi connectivity index (χ2v) is 6.36. The van der Waals surface area contributed by atoms with Gasteiger partial charge in [0.2, 0.25) is 0 Å². The van der Waals surface area contributed by atoms with Crippen molar-refractivity contribution in [3.8, 4) is 0 Å². The van der Waals surface area contributed by atoms with Crippen LogP contribution < -0.4 is 0 Å². The molecule has 1 fully saturated rings. The van der Waals surface area contributed by atoms with E-state index < -0.39 is 53.3 Å². The summed E-state index contributed by atoms with van der Waals surface area (Å²) in [4.78, 5) is 48.3. The maximum Gasteiger partial charge on any atom is 0.331 e. The Labute approximate surface area is 173 Å². The average molecular weight is 430 g/mol. The van der Waals surface area contributed by atoms with E-state index in [1.807, 2.05) is 0 Å². The fourth-order valence-electron chi connectivity index (χ4n) is 2.52. The first kappa shape index (κ1) is 25.3. The highest BCUT2D eigenvalue weighted by atomic mass is 16.6. The van der Waals surface area contributed by atoms with Crippen molar-refractivity contribution in [1.82, 2.24) is 0 Å². The van der Waals surface area contributed by atoms with E-state index in [0.29, 0.717) is 13.2 Å². The lowest BCUT2D eigenvalue weighted by Gasteiger charge is -2.29. The van der Waals surface area contributed by atoms with Crippen molar-refractivity contribution in [2.24, 2.45) is 5.41 Å². The number of carbonyl (C=O) groups is 4. The van der Waals surface area contributed by atoms with Crippen molar-refractivity contribution in [2.75, 3.05) is 52.9 Å². The standard InChI is InChI=1S/C19H26O11/c1-13(15(20)21)11-19(12-14(2)16(22)23)17(24)29-9-7-27-5-3-26-4-6-28-8-10-30-18(19)25/h1-12H2,(H,20,21)(H,22,23). The molecule has 11 heteroatoms. The number of hydrogen-bond donors (Lipinski definition) is 2. The van der Waals surface area contributed by atoms with Crippen molar-refractivity contribution in [3.05, 3.63) is 24.3 Å². The molecule has 0 spiro atoms. The minimum atomic E-state index is -2.29. The topological polar surface area (TPSA) is 155 Å². The number of aliphatic carboxylic acids is 2. The highest BCUT2D eigenvalue weighted by Crippen LogP contribution is 2.36. The molecule has 1 heterocycles. The Morgan fingerprint density at radius 3 is 1.30 bits per heavy atom. The average Bonchev–Trinajstić information content (AvgIpc) is 2.69. The molecule has 1 saturated heterocycles. The van der Waals surface area contributed by atoms with Crippen LogP contribution in [0, 0.1) is 5.41 Å². The molecule has 0 amide bonds. The molecule has 1 aliphatic rings. The number of esters is 2. The Morgan fingerprint density at radius 2 is 1.00 bits per heavy atom. The summed E-state index contributed by atoms with van der Waals surface area (Å²) in [7, 11) is 0. The third-order valence-corrected chi connectivity index (χ3v) is 4.08. The minimum absolute atomic E-state index is 0.0174. The molecule has 0 radical (unpaired) electrons. The fourth-order valence-corrected chi connectivity index (χ4v) is 2.52. The number of carboxylic acid groups (broad SMARTS) is 2. The van der Waals surface area contributed by atoms with Crippen LogP contribution in [0.2, 0.25) is 0 Å². The fraction of sp³-hybridized carbons (Fsp3) is 0.579. The number of carboxylic acids is 2. The van der Waals surface area contributed by atoms with Gasteiger partial charge in [-0.2, -0.15) is 0 Å². The molecule has 2 N–H and O–H groups in total. The molecule has 0 aromatic rings. The van der Waals surface area contributed by atoms with E-state index >= 15 is 0 Å². The summed E-state index contributed by atoms with van der Waals surface area (Å²) in [5, 5.41) is 18.4. The summed E-state index contributed by atoms with van der Waals surface area (Å²) in [5.74, 6) is -5.25. The normalized spacial score (nSPS) is 19.2. The van der Waals surface area contributed by atoms with Gasteiger partial charge in [-0.1, -0.05) is 13.2 Å². The molecule has 0 saturated carbocycles. The lowest BCUT2D eigenvalue weighted by Crippen LogP contribution is -2.44. The van der Waals surface area contributed by atoms with E-state index in [0.717, 1.165) is 0 Å². The summed E-state index contributed by atoms with van der Waals surface area (Å²) in [5.41, 5.74) is -3.28. The van der Waals surface area contributed by atoms with Crippen LogP contribution in [-0.4, -0.2) is 86.9 Å².